The lowest BCUT2D eigenvalue weighted by molar-refractivity contribution is -0.141. The van der Waals surface area contributed by atoms with Gasteiger partial charge >= 0.3 is 5.97 Å². The van der Waals surface area contributed by atoms with E-state index in [1.54, 1.807) is 38.1 Å². The van der Waals surface area contributed by atoms with Crippen LogP contribution in [0.5, 0.6) is 5.75 Å². The van der Waals surface area contributed by atoms with Crippen LogP contribution in [0.15, 0.2) is 52.7 Å². The highest BCUT2D eigenvalue weighted by atomic mass is 16.5. The maximum Gasteiger partial charge on any atom is 0.305 e. The number of carbonyl (C=O) groups is 7. The lowest BCUT2D eigenvalue weighted by atomic mass is 9.99. The fourth-order valence-corrected chi connectivity index (χ4v) is 5.33. The molecular weight excluding hydrogens is 732 g/mol. The third kappa shape index (κ3) is 14.6. The highest BCUT2D eigenvalue weighted by Crippen LogP contribution is 2.15. The molecule has 1 aromatic heterocycles. The second kappa shape index (κ2) is 21.9. The first-order chi connectivity index (χ1) is 26.7. The summed E-state index contributed by atoms with van der Waals surface area (Å²) in [5.74, 6) is -5.82. The first-order valence-corrected chi connectivity index (χ1v) is 17.8. The number of benzene rings is 1. The minimum atomic E-state index is -1.62. The van der Waals surface area contributed by atoms with Crippen molar-refractivity contribution < 1.29 is 43.4 Å². The SMILES string of the molecule is CC(C)[C@@H]1NC(=O)[C@@H](Cc2ccc(OCCCNC(=O)c3ccc(N=N)nc3)cc2)NC(=O)[C@H](CC(=O)O)NC(=O)CNC(=O)[C@H](CCCN=C(N)N)NC1=O. The lowest BCUT2D eigenvalue weighted by Crippen LogP contribution is -2.59. The van der Waals surface area contributed by atoms with E-state index in [9.17, 15) is 38.7 Å². The van der Waals surface area contributed by atoms with Gasteiger partial charge in [-0.25, -0.2) is 10.5 Å². The van der Waals surface area contributed by atoms with E-state index in [1.807, 2.05) is 0 Å². The van der Waals surface area contributed by atoms with Gasteiger partial charge in [0.25, 0.3) is 5.91 Å². The van der Waals surface area contributed by atoms with E-state index >= 15 is 0 Å². The number of rotatable bonds is 16. The standard InChI is InChI=1S/C35H48N12O9/c1-19(2)29-34(55)44-23(5-3-12-40-35(36)37)31(52)42-18-27(48)43-25(16-28(49)50)32(53)45-24(33(54)46-29)15-20-6-9-22(10-7-20)56-14-4-13-39-30(51)21-8-11-26(47-38)41-17-21/h6-11,17,19,23-25,29,38H,3-5,12-16,18H2,1-2H3,(H,39,51)(H,42,52)(H,43,48)(H,44,55)(H,45,53)(H,46,54)(H,49,50)(H4,36,37,40)/t23-,24+,25-,29-/m0/s1. The van der Waals surface area contributed by atoms with Crippen LogP contribution >= 0.6 is 0 Å². The number of carbonyl (C=O) groups excluding carboxylic acids is 6. The van der Waals surface area contributed by atoms with E-state index in [1.165, 1.54) is 18.3 Å². The summed E-state index contributed by atoms with van der Waals surface area (Å²) < 4.78 is 5.77. The number of amides is 6. The normalized spacial score (nSPS) is 19.4. The minimum absolute atomic E-state index is 0.0633. The zero-order valence-electron chi connectivity index (χ0n) is 31.0. The van der Waals surface area contributed by atoms with Crippen LogP contribution in [0.4, 0.5) is 5.82 Å². The Morgan fingerprint density at radius 1 is 0.929 bits per heavy atom. The maximum atomic E-state index is 13.8. The van der Waals surface area contributed by atoms with Crippen molar-refractivity contribution in [3.05, 3.63) is 53.7 Å². The van der Waals surface area contributed by atoms with Crippen LogP contribution < -0.4 is 48.1 Å². The summed E-state index contributed by atoms with van der Waals surface area (Å²) in [7, 11) is 0. The van der Waals surface area contributed by atoms with Crippen molar-refractivity contribution in [3.8, 4) is 5.75 Å². The van der Waals surface area contributed by atoms with Crippen LogP contribution in [0.3, 0.4) is 0 Å². The van der Waals surface area contributed by atoms with Gasteiger partial charge in [0.1, 0.15) is 29.9 Å². The number of nitrogens with zero attached hydrogens (tertiary/aromatic N) is 3. The number of ether oxygens (including phenoxy) is 1. The summed E-state index contributed by atoms with van der Waals surface area (Å²) in [6.45, 7) is 3.41. The van der Waals surface area contributed by atoms with Crippen LogP contribution in [0, 0.1) is 11.4 Å². The Morgan fingerprint density at radius 2 is 1.62 bits per heavy atom. The molecule has 2 aromatic rings. The molecule has 21 nitrogen and oxygen atoms in total. The molecule has 3 rings (SSSR count). The molecule has 1 aliphatic rings. The Labute approximate surface area is 322 Å². The molecular formula is C35H48N12O9. The van der Waals surface area contributed by atoms with Crippen molar-refractivity contribution >= 4 is 53.2 Å². The second-order valence-corrected chi connectivity index (χ2v) is 13.1. The maximum absolute atomic E-state index is 13.8. The molecule has 21 heteroatoms. The van der Waals surface area contributed by atoms with Crippen molar-refractivity contribution in [2.24, 2.45) is 27.5 Å². The van der Waals surface area contributed by atoms with Crippen LogP contribution in [0.1, 0.15) is 55.5 Å². The Kier molecular flexibility index (Phi) is 17.1. The average Bonchev–Trinajstić information content (AvgIpc) is 3.16. The lowest BCUT2D eigenvalue weighted by Gasteiger charge is -2.27. The molecule has 1 fully saturated rings. The van der Waals surface area contributed by atoms with Crippen molar-refractivity contribution in [3.63, 3.8) is 0 Å². The van der Waals surface area contributed by atoms with Gasteiger partial charge in [-0.15, -0.1) is 5.11 Å². The van der Waals surface area contributed by atoms with E-state index < -0.39 is 78.6 Å². The van der Waals surface area contributed by atoms with E-state index in [2.05, 4.69) is 47.0 Å². The van der Waals surface area contributed by atoms with Gasteiger partial charge in [0.15, 0.2) is 11.8 Å². The molecule has 0 bridgehead atoms. The summed E-state index contributed by atoms with van der Waals surface area (Å²) in [4.78, 5) is 98.4. The number of aliphatic imine (C=N–C) groups is 1. The molecule has 0 spiro atoms. The first-order valence-electron chi connectivity index (χ1n) is 17.8. The van der Waals surface area contributed by atoms with Gasteiger partial charge in [-0.2, -0.15) is 0 Å². The number of hydrogen-bond acceptors (Lipinski definition) is 12. The molecule has 2 heterocycles. The molecule has 0 aliphatic carbocycles. The predicted octanol–water partition coefficient (Wildman–Crippen LogP) is -1.26. The van der Waals surface area contributed by atoms with E-state index in [-0.39, 0.29) is 50.1 Å². The number of nitrogens with two attached hydrogens (primary N) is 2. The Balaban J connectivity index is 1.74. The van der Waals surface area contributed by atoms with Gasteiger partial charge in [0, 0.05) is 25.7 Å². The predicted molar refractivity (Wildman–Crippen MR) is 199 cm³/mol. The summed E-state index contributed by atoms with van der Waals surface area (Å²) >= 11 is 0. The van der Waals surface area contributed by atoms with E-state index in [0.29, 0.717) is 29.8 Å². The summed E-state index contributed by atoms with van der Waals surface area (Å²) in [6, 6.07) is 4.26. The number of nitrogens with one attached hydrogen (secondary N) is 7. The second-order valence-electron chi connectivity index (χ2n) is 13.1. The van der Waals surface area contributed by atoms with Crippen LogP contribution in [0.2, 0.25) is 0 Å². The number of pyridine rings is 1. The van der Waals surface area contributed by atoms with Gasteiger partial charge in [-0.3, -0.25) is 38.6 Å². The molecule has 0 unspecified atom stereocenters. The molecule has 12 N–H and O–H groups in total. The Bertz CT molecular complexity index is 1750. The summed E-state index contributed by atoms with van der Waals surface area (Å²) in [5, 5.41) is 27.9. The highest BCUT2D eigenvalue weighted by Gasteiger charge is 2.34. The van der Waals surface area contributed by atoms with Crippen LogP contribution in [-0.4, -0.2) is 108 Å². The molecule has 1 aromatic carbocycles. The number of aliphatic carboxylic acids is 1. The van der Waals surface area contributed by atoms with Gasteiger partial charge in [0.2, 0.25) is 29.5 Å². The fourth-order valence-electron chi connectivity index (χ4n) is 5.33. The molecule has 302 valence electrons. The van der Waals surface area contributed by atoms with Crippen molar-refractivity contribution in [2.75, 3.05) is 26.2 Å². The van der Waals surface area contributed by atoms with Crippen LogP contribution in [0.25, 0.3) is 0 Å². The zero-order valence-corrected chi connectivity index (χ0v) is 31.0. The molecule has 6 amide bonds. The molecule has 56 heavy (non-hydrogen) atoms. The van der Waals surface area contributed by atoms with Gasteiger partial charge in [-0.1, -0.05) is 26.0 Å². The summed E-state index contributed by atoms with van der Waals surface area (Å²) in [5.41, 5.74) is 18.6. The fraction of sp³-hybridized carbons (Fsp3) is 0.457. The van der Waals surface area contributed by atoms with Crippen molar-refractivity contribution in [1.29, 1.82) is 5.53 Å². The number of guanidine groups is 1. The molecule has 1 aliphatic heterocycles. The van der Waals surface area contributed by atoms with E-state index in [4.69, 9.17) is 21.7 Å². The monoisotopic (exact) mass is 780 g/mol. The first kappa shape index (κ1) is 43.7. The third-order valence-electron chi connectivity index (χ3n) is 8.27. The van der Waals surface area contributed by atoms with Crippen molar-refractivity contribution in [1.82, 2.24) is 36.9 Å². The zero-order chi connectivity index (χ0) is 41.2. The van der Waals surface area contributed by atoms with Gasteiger partial charge < -0.3 is 53.2 Å². The minimum Gasteiger partial charge on any atom is -0.494 e. The molecule has 4 atom stereocenters. The van der Waals surface area contributed by atoms with Gasteiger partial charge in [0.05, 0.1) is 25.1 Å². The largest absolute Gasteiger partial charge is 0.494 e. The molecule has 1 saturated heterocycles. The Morgan fingerprint density at radius 3 is 2.25 bits per heavy atom. The number of aromatic nitrogens is 1. The summed E-state index contributed by atoms with van der Waals surface area (Å²) in [6.07, 6.45) is 1.19. The van der Waals surface area contributed by atoms with Crippen LogP contribution in [-0.2, 0) is 35.2 Å². The van der Waals surface area contributed by atoms with Gasteiger partial charge in [-0.05, 0) is 55.0 Å². The third-order valence-corrected chi connectivity index (χ3v) is 8.27. The number of carboxylic acids is 1. The smallest absolute Gasteiger partial charge is 0.305 e. The number of carboxylic acid groups (broad SMARTS) is 1. The van der Waals surface area contributed by atoms with Crippen molar-refractivity contribution in [2.45, 2.75) is 70.1 Å². The van der Waals surface area contributed by atoms with E-state index in [0.717, 1.165) is 0 Å². The number of hydrogen-bond donors (Lipinski definition) is 10. The highest BCUT2D eigenvalue weighted by molar-refractivity contribution is 5.98. The molecule has 0 saturated carbocycles. The quantitative estimate of drug-likeness (QED) is 0.0413. The Hall–Kier alpha value is -6.67. The molecule has 0 radical (unpaired) electrons. The topological polar surface area (TPSA) is 335 Å². The average molecular weight is 781 g/mol.